The first kappa shape index (κ1) is 14.1. The highest BCUT2D eigenvalue weighted by Crippen LogP contribution is 2.38. The van der Waals surface area contributed by atoms with Crippen LogP contribution in [-0.4, -0.2) is 25.6 Å². The van der Waals surface area contributed by atoms with Gasteiger partial charge in [-0.05, 0) is 56.7 Å². The number of rotatable bonds is 4. The Labute approximate surface area is 114 Å². The molecule has 1 aliphatic rings. The van der Waals surface area contributed by atoms with E-state index in [1.54, 1.807) is 14.2 Å². The molecule has 3 nitrogen and oxygen atoms in total. The lowest BCUT2D eigenvalue weighted by Crippen LogP contribution is -2.38. The fraction of sp³-hybridized carbons (Fsp3) is 0.562. The van der Waals surface area contributed by atoms with Gasteiger partial charge in [-0.15, -0.1) is 0 Å². The fourth-order valence-electron chi connectivity index (χ4n) is 3.08. The molecular formula is C16H22O3. The van der Waals surface area contributed by atoms with Gasteiger partial charge in [0, 0.05) is 7.11 Å². The van der Waals surface area contributed by atoms with E-state index in [-0.39, 0.29) is 5.78 Å². The van der Waals surface area contributed by atoms with Gasteiger partial charge in [-0.1, -0.05) is 6.07 Å². The maximum absolute atomic E-state index is 12.9. The van der Waals surface area contributed by atoms with Crippen LogP contribution in [0.5, 0.6) is 5.75 Å². The normalized spacial score (nSPS) is 17.5. The molecule has 0 bridgehead atoms. The van der Waals surface area contributed by atoms with Crippen molar-refractivity contribution in [1.82, 2.24) is 0 Å². The van der Waals surface area contributed by atoms with Gasteiger partial charge in [0.15, 0.2) is 5.78 Å². The smallest absolute Gasteiger partial charge is 0.198 e. The van der Waals surface area contributed by atoms with Crippen LogP contribution in [0.2, 0.25) is 0 Å². The Balaban J connectivity index is 2.49. The van der Waals surface area contributed by atoms with Crippen molar-refractivity contribution in [3.8, 4) is 5.75 Å². The number of carbonyl (C=O) groups is 1. The number of aryl methyl sites for hydroxylation is 2. The Morgan fingerprint density at radius 3 is 2.32 bits per heavy atom. The highest BCUT2D eigenvalue weighted by Gasteiger charge is 2.43. The van der Waals surface area contributed by atoms with Crippen LogP contribution in [0.25, 0.3) is 0 Å². The molecule has 1 saturated carbocycles. The van der Waals surface area contributed by atoms with Crippen molar-refractivity contribution in [3.63, 3.8) is 0 Å². The third-order valence-electron chi connectivity index (χ3n) is 4.11. The van der Waals surface area contributed by atoms with E-state index in [2.05, 4.69) is 0 Å². The number of Topliss-reactive ketones (excluding diaryl/α,β-unsaturated/α-hetero) is 1. The van der Waals surface area contributed by atoms with Gasteiger partial charge in [-0.3, -0.25) is 4.79 Å². The van der Waals surface area contributed by atoms with Crippen molar-refractivity contribution in [2.45, 2.75) is 45.1 Å². The topological polar surface area (TPSA) is 35.5 Å². The number of hydrogen-bond donors (Lipinski definition) is 0. The summed E-state index contributed by atoms with van der Waals surface area (Å²) < 4.78 is 11.0. The molecule has 0 heterocycles. The zero-order chi connectivity index (χ0) is 14.0. The summed E-state index contributed by atoms with van der Waals surface area (Å²) in [6.45, 7) is 3.96. The Kier molecular flexibility index (Phi) is 3.95. The van der Waals surface area contributed by atoms with Gasteiger partial charge < -0.3 is 9.47 Å². The second-order valence-corrected chi connectivity index (χ2v) is 5.39. The monoisotopic (exact) mass is 262 g/mol. The summed E-state index contributed by atoms with van der Waals surface area (Å²) in [6, 6.07) is 3.94. The minimum Gasteiger partial charge on any atom is -0.496 e. The molecule has 0 radical (unpaired) electrons. The minimum absolute atomic E-state index is 0.0712. The lowest BCUT2D eigenvalue weighted by molar-refractivity contribution is 0.00575. The van der Waals surface area contributed by atoms with Crippen molar-refractivity contribution >= 4 is 5.78 Å². The van der Waals surface area contributed by atoms with Crippen LogP contribution in [0.1, 0.15) is 47.2 Å². The van der Waals surface area contributed by atoms with Crippen LogP contribution in [0, 0.1) is 13.8 Å². The van der Waals surface area contributed by atoms with Crippen LogP contribution < -0.4 is 4.74 Å². The Bertz CT molecular complexity index is 485. The van der Waals surface area contributed by atoms with Gasteiger partial charge in [0.1, 0.15) is 11.4 Å². The van der Waals surface area contributed by atoms with Crippen LogP contribution in [0.15, 0.2) is 12.1 Å². The molecule has 104 valence electrons. The molecule has 1 fully saturated rings. The standard InChI is InChI=1S/C16H22O3/c1-11-9-12(2)14(13(10-11)18-3)15(17)16(19-4)7-5-6-8-16/h9-10H,5-8H2,1-4H3. The average molecular weight is 262 g/mol. The molecule has 2 rings (SSSR count). The van der Waals surface area contributed by atoms with E-state index in [0.29, 0.717) is 11.3 Å². The molecule has 19 heavy (non-hydrogen) atoms. The maximum Gasteiger partial charge on any atom is 0.198 e. The predicted molar refractivity (Wildman–Crippen MR) is 75.0 cm³/mol. The van der Waals surface area contributed by atoms with Crippen molar-refractivity contribution in [3.05, 3.63) is 28.8 Å². The summed E-state index contributed by atoms with van der Waals surface area (Å²) in [5, 5.41) is 0. The fourth-order valence-corrected chi connectivity index (χ4v) is 3.08. The highest BCUT2D eigenvalue weighted by molar-refractivity contribution is 6.06. The number of benzene rings is 1. The first-order chi connectivity index (χ1) is 9.04. The predicted octanol–water partition coefficient (Wildman–Crippen LogP) is 3.45. The molecule has 1 aromatic carbocycles. The van der Waals surface area contributed by atoms with Gasteiger partial charge in [-0.2, -0.15) is 0 Å². The summed E-state index contributed by atoms with van der Waals surface area (Å²) >= 11 is 0. The molecule has 0 N–H and O–H groups in total. The lowest BCUT2D eigenvalue weighted by atomic mass is 9.87. The van der Waals surface area contributed by atoms with E-state index in [4.69, 9.17) is 9.47 Å². The SMILES string of the molecule is COc1cc(C)cc(C)c1C(=O)C1(OC)CCCC1. The average Bonchev–Trinajstić information content (AvgIpc) is 2.87. The van der Waals surface area contributed by atoms with E-state index < -0.39 is 5.60 Å². The highest BCUT2D eigenvalue weighted by atomic mass is 16.5. The third-order valence-corrected chi connectivity index (χ3v) is 4.11. The molecule has 0 spiro atoms. The van der Waals surface area contributed by atoms with Gasteiger partial charge in [-0.25, -0.2) is 0 Å². The van der Waals surface area contributed by atoms with Crippen LogP contribution in [0.4, 0.5) is 0 Å². The second kappa shape index (κ2) is 5.33. The van der Waals surface area contributed by atoms with Crippen molar-refractivity contribution in [1.29, 1.82) is 0 Å². The quantitative estimate of drug-likeness (QED) is 0.780. The van der Waals surface area contributed by atoms with Crippen LogP contribution in [-0.2, 0) is 4.74 Å². The van der Waals surface area contributed by atoms with Crippen molar-refractivity contribution < 1.29 is 14.3 Å². The molecular weight excluding hydrogens is 240 g/mol. The van der Waals surface area contributed by atoms with E-state index in [0.717, 1.165) is 36.8 Å². The molecule has 0 amide bonds. The minimum atomic E-state index is -0.646. The van der Waals surface area contributed by atoms with Crippen LogP contribution >= 0.6 is 0 Å². The summed E-state index contributed by atoms with van der Waals surface area (Å²) in [4.78, 5) is 12.9. The van der Waals surface area contributed by atoms with Crippen molar-refractivity contribution in [2.24, 2.45) is 0 Å². The molecule has 3 heteroatoms. The first-order valence-electron chi connectivity index (χ1n) is 6.79. The second-order valence-electron chi connectivity index (χ2n) is 5.39. The summed E-state index contributed by atoms with van der Waals surface area (Å²) in [5.41, 5.74) is 2.10. The van der Waals surface area contributed by atoms with E-state index in [9.17, 15) is 4.79 Å². The van der Waals surface area contributed by atoms with Gasteiger partial charge in [0.2, 0.25) is 0 Å². The number of ether oxygens (including phenoxy) is 2. The molecule has 0 unspecified atom stereocenters. The maximum atomic E-state index is 12.9. The van der Waals surface area contributed by atoms with Gasteiger partial charge in [0.25, 0.3) is 0 Å². The van der Waals surface area contributed by atoms with Crippen LogP contribution in [0.3, 0.4) is 0 Å². The van der Waals surface area contributed by atoms with E-state index in [1.165, 1.54) is 0 Å². The Hall–Kier alpha value is -1.35. The van der Waals surface area contributed by atoms with Crippen molar-refractivity contribution in [2.75, 3.05) is 14.2 Å². The number of ketones is 1. The first-order valence-corrected chi connectivity index (χ1v) is 6.79. The van der Waals surface area contributed by atoms with Gasteiger partial charge >= 0.3 is 0 Å². The third kappa shape index (κ3) is 2.39. The number of methoxy groups -OCH3 is 2. The molecule has 0 aromatic heterocycles. The molecule has 1 aromatic rings. The van der Waals surface area contributed by atoms with E-state index >= 15 is 0 Å². The number of carbonyl (C=O) groups excluding carboxylic acids is 1. The summed E-state index contributed by atoms with van der Waals surface area (Å²) in [6.07, 6.45) is 3.71. The summed E-state index contributed by atoms with van der Waals surface area (Å²) in [5.74, 6) is 0.729. The molecule has 1 aliphatic carbocycles. The van der Waals surface area contributed by atoms with E-state index in [1.807, 2.05) is 26.0 Å². The largest absolute Gasteiger partial charge is 0.496 e. The Morgan fingerprint density at radius 1 is 1.16 bits per heavy atom. The number of hydrogen-bond acceptors (Lipinski definition) is 3. The zero-order valence-corrected chi connectivity index (χ0v) is 12.2. The zero-order valence-electron chi connectivity index (χ0n) is 12.2. The molecule has 0 aliphatic heterocycles. The molecule has 0 atom stereocenters. The lowest BCUT2D eigenvalue weighted by Gasteiger charge is -2.27. The Morgan fingerprint density at radius 2 is 1.79 bits per heavy atom. The van der Waals surface area contributed by atoms with Gasteiger partial charge in [0.05, 0.1) is 12.7 Å². The molecule has 0 saturated heterocycles. The summed E-state index contributed by atoms with van der Waals surface area (Å²) in [7, 11) is 3.25.